The van der Waals surface area contributed by atoms with Gasteiger partial charge in [-0.15, -0.1) is 0 Å². The summed E-state index contributed by atoms with van der Waals surface area (Å²) in [4.78, 5) is 11.6. The summed E-state index contributed by atoms with van der Waals surface area (Å²) in [6.45, 7) is 10.5. The molecule has 0 saturated carbocycles. The van der Waals surface area contributed by atoms with Gasteiger partial charge in [0.2, 0.25) is 0 Å². The number of hydrogen-bond donors (Lipinski definition) is 0. The first-order valence-corrected chi connectivity index (χ1v) is 5.99. The lowest BCUT2D eigenvalue weighted by Crippen LogP contribution is -2.12. The van der Waals surface area contributed by atoms with E-state index in [0.29, 0.717) is 12.2 Å². The molecular weight excluding hydrogens is 196 g/mol. The zero-order chi connectivity index (χ0) is 12.3. The molecule has 0 N–H and O–H groups in total. The maximum Gasteiger partial charge on any atom is 0.139 e. The van der Waals surface area contributed by atoms with Crippen molar-refractivity contribution in [2.75, 3.05) is 0 Å². The Morgan fingerprint density at radius 2 is 1.69 bits per heavy atom. The fourth-order valence-electron chi connectivity index (χ4n) is 1.76. The van der Waals surface area contributed by atoms with Crippen LogP contribution in [-0.4, -0.2) is 5.78 Å². The summed E-state index contributed by atoms with van der Waals surface area (Å²) in [5.74, 6) is 0.336. The van der Waals surface area contributed by atoms with Crippen molar-refractivity contribution in [2.24, 2.45) is 0 Å². The minimum Gasteiger partial charge on any atom is -0.299 e. The van der Waals surface area contributed by atoms with Crippen LogP contribution in [0.15, 0.2) is 24.3 Å². The molecule has 0 aromatic heterocycles. The highest BCUT2D eigenvalue weighted by Crippen LogP contribution is 2.25. The summed E-state index contributed by atoms with van der Waals surface area (Å²) in [5, 5.41) is 0. The lowest BCUT2D eigenvalue weighted by Gasteiger charge is -2.20. The summed E-state index contributed by atoms with van der Waals surface area (Å²) < 4.78 is 0. The van der Waals surface area contributed by atoms with Crippen molar-refractivity contribution in [1.29, 1.82) is 0 Å². The normalized spacial score (nSPS) is 13.6. The molecule has 0 amide bonds. The molecule has 88 valence electrons. The zero-order valence-electron chi connectivity index (χ0n) is 11.0. The summed E-state index contributed by atoms with van der Waals surface area (Å²) >= 11 is 0. The van der Waals surface area contributed by atoms with Crippen molar-refractivity contribution >= 4 is 5.78 Å². The predicted molar refractivity (Wildman–Crippen MR) is 68.9 cm³/mol. The second-order valence-electron chi connectivity index (χ2n) is 5.41. The van der Waals surface area contributed by atoms with E-state index in [-0.39, 0.29) is 11.3 Å². The van der Waals surface area contributed by atoms with Crippen molar-refractivity contribution in [3.63, 3.8) is 0 Å². The molecule has 0 spiro atoms. The van der Waals surface area contributed by atoms with Gasteiger partial charge in [-0.25, -0.2) is 0 Å². The molecule has 0 aliphatic heterocycles. The van der Waals surface area contributed by atoms with Gasteiger partial charge in [0.1, 0.15) is 5.78 Å². The highest BCUT2D eigenvalue weighted by molar-refractivity contribution is 5.85. The Hall–Kier alpha value is -1.11. The monoisotopic (exact) mass is 218 g/mol. The van der Waals surface area contributed by atoms with Crippen LogP contribution in [0.4, 0.5) is 0 Å². The SMILES string of the molecule is CCC(=O)C(C)c1ccc(C(C)(C)C)cc1. The summed E-state index contributed by atoms with van der Waals surface area (Å²) in [7, 11) is 0. The van der Waals surface area contributed by atoms with Gasteiger partial charge >= 0.3 is 0 Å². The van der Waals surface area contributed by atoms with Gasteiger partial charge < -0.3 is 0 Å². The van der Waals surface area contributed by atoms with E-state index in [1.54, 1.807) is 0 Å². The maximum absolute atomic E-state index is 11.6. The molecule has 1 atom stereocenters. The Labute approximate surface area is 98.9 Å². The molecule has 1 aromatic carbocycles. The molecule has 0 saturated heterocycles. The second kappa shape index (κ2) is 4.82. The summed E-state index contributed by atoms with van der Waals surface area (Å²) in [6.07, 6.45) is 0.613. The quantitative estimate of drug-likeness (QED) is 0.747. The fourth-order valence-corrected chi connectivity index (χ4v) is 1.76. The van der Waals surface area contributed by atoms with Gasteiger partial charge in [0.15, 0.2) is 0 Å². The number of ketones is 1. The van der Waals surface area contributed by atoms with Gasteiger partial charge in [0.25, 0.3) is 0 Å². The first-order chi connectivity index (χ1) is 7.36. The minimum atomic E-state index is 0.0269. The van der Waals surface area contributed by atoms with Crippen molar-refractivity contribution in [3.05, 3.63) is 35.4 Å². The Balaban J connectivity index is 2.91. The van der Waals surface area contributed by atoms with Gasteiger partial charge in [-0.1, -0.05) is 58.9 Å². The Morgan fingerprint density at radius 1 is 1.19 bits per heavy atom. The Morgan fingerprint density at radius 3 is 2.06 bits per heavy atom. The van der Waals surface area contributed by atoms with E-state index < -0.39 is 0 Å². The van der Waals surface area contributed by atoms with E-state index in [9.17, 15) is 4.79 Å². The molecule has 0 radical (unpaired) electrons. The lowest BCUT2D eigenvalue weighted by molar-refractivity contribution is -0.119. The molecule has 1 nitrogen and oxygen atoms in total. The van der Waals surface area contributed by atoms with Crippen molar-refractivity contribution in [2.45, 2.75) is 52.4 Å². The summed E-state index contributed by atoms with van der Waals surface area (Å²) in [6, 6.07) is 8.43. The number of carbonyl (C=O) groups excluding carboxylic acids is 1. The third-order valence-corrected chi connectivity index (χ3v) is 3.11. The van der Waals surface area contributed by atoms with Crippen LogP contribution in [0.5, 0.6) is 0 Å². The maximum atomic E-state index is 11.6. The van der Waals surface area contributed by atoms with Crippen molar-refractivity contribution in [3.8, 4) is 0 Å². The van der Waals surface area contributed by atoms with Crippen LogP contribution in [0.2, 0.25) is 0 Å². The molecule has 0 aliphatic carbocycles. The third-order valence-electron chi connectivity index (χ3n) is 3.11. The van der Waals surface area contributed by atoms with E-state index in [1.807, 2.05) is 13.8 Å². The van der Waals surface area contributed by atoms with Crippen LogP contribution in [0.3, 0.4) is 0 Å². The van der Waals surface area contributed by atoms with Gasteiger partial charge in [-0.05, 0) is 16.5 Å². The zero-order valence-corrected chi connectivity index (χ0v) is 11.0. The average Bonchev–Trinajstić information content (AvgIpc) is 2.26. The number of Topliss-reactive ketones (excluding diaryl/α,β-unsaturated/α-hetero) is 1. The van der Waals surface area contributed by atoms with Gasteiger partial charge in [-0.3, -0.25) is 4.79 Å². The average molecular weight is 218 g/mol. The van der Waals surface area contributed by atoms with Gasteiger partial charge in [0.05, 0.1) is 0 Å². The standard InChI is InChI=1S/C15H22O/c1-6-14(16)11(2)12-7-9-13(10-8-12)15(3,4)5/h7-11H,6H2,1-5H3. The molecule has 1 unspecified atom stereocenters. The third kappa shape index (κ3) is 2.94. The molecule has 16 heavy (non-hydrogen) atoms. The molecule has 1 heteroatoms. The van der Waals surface area contributed by atoms with Gasteiger partial charge in [0, 0.05) is 12.3 Å². The molecule has 0 fully saturated rings. The van der Waals surface area contributed by atoms with E-state index in [1.165, 1.54) is 5.56 Å². The van der Waals surface area contributed by atoms with E-state index in [4.69, 9.17) is 0 Å². The van der Waals surface area contributed by atoms with E-state index in [0.717, 1.165) is 5.56 Å². The number of rotatable bonds is 3. The van der Waals surface area contributed by atoms with Crippen LogP contribution in [0.25, 0.3) is 0 Å². The first-order valence-electron chi connectivity index (χ1n) is 5.99. The van der Waals surface area contributed by atoms with Crippen LogP contribution in [0, 0.1) is 0 Å². The first kappa shape index (κ1) is 13.0. The van der Waals surface area contributed by atoms with Crippen molar-refractivity contribution in [1.82, 2.24) is 0 Å². The van der Waals surface area contributed by atoms with Crippen molar-refractivity contribution < 1.29 is 4.79 Å². The Kier molecular flexibility index (Phi) is 3.90. The highest BCUT2D eigenvalue weighted by Gasteiger charge is 2.16. The number of hydrogen-bond acceptors (Lipinski definition) is 1. The number of carbonyl (C=O) groups is 1. The topological polar surface area (TPSA) is 17.1 Å². The smallest absolute Gasteiger partial charge is 0.139 e. The van der Waals surface area contributed by atoms with Crippen LogP contribution in [-0.2, 0) is 10.2 Å². The van der Waals surface area contributed by atoms with Gasteiger partial charge in [-0.2, -0.15) is 0 Å². The largest absolute Gasteiger partial charge is 0.299 e. The summed E-state index contributed by atoms with van der Waals surface area (Å²) in [5.41, 5.74) is 2.61. The Bertz CT molecular complexity index is 354. The van der Waals surface area contributed by atoms with E-state index in [2.05, 4.69) is 45.0 Å². The molecule has 0 heterocycles. The predicted octanol–water partition coefficient (Wildman–Crippen LogP) is 4.07. The van der Waals surface area contributed by atoms with Crippen LogP contribution in [0.1, 0.15) is 58.1 Å². The number of benzene rings is 1. The molecular formula is C15H22O. The second-order valence-corrected chi connectivity index (χ2v) is 5.41. The molecule has 0 aliphatic rings. The highest BCUT2D eigenvalue weighted by atomic mass is 16.1. The van der Waals surface area contributed by atoms with Crippen LogP contribution >= 0.6 is 0 Å². The fraction of sp³-hybridized carbons (Fsp3) is 0.533. The van der Waals surface area contributed by atoms with E-state index >= 15 is 0 Å². The van der Waals surface area contributed by atoms with Crippen LogP contribution < -0.4 is 0 Å². The molecule has 1 rings (SSSR count). The minimum absolute atomic E-state index is 0.0269. The molecule has 1 aromatic rings. The molecule has 0 bridgehead atoms. The lowest BCUT2D eigenvalue weighted by atomic mass is 9.85.